The Morgan fingerprint density at radius 3 is 2.64 bits per heavy atom. The van der Waals surface area contributed by atoms with Gasteiger partial charge in [-0.3, -0.25) is 0 Å². The summed E-state index contributed by atoms with van der Waals surface area (Å²) in [5, 5.41) is 0.949. The Bertz CT molecular complexity index is 940. The van der Waals surface area contributed by atoms with Crippen LogP contribution in [0.5, 0.6) is 5.88 Å². The molecule has 0 amide bonds. The first kappa shape index (κ1) is 17.1. The SMILES string of the molecule is c1cc(N2CCN(c3ccc4ncnc(OC5CCOC5)c4c3)CC2)ncn1. The maximum absolute atomic E-state index is 6.09. The standard InChI is InChI=1S/C20H22N6O2/c1-2-18-17(20(24-14-22-18)28-16-4-10-27-12-16)11-15(1)25-6-8-26(9-7-25)19-3-5-21-13-23-19/h1-3,5,11,13-14,16H,4,6-10,12H2. The summed E-state index contributed by atoms with van der Waals surface area (Å²) in [7, 11) is 0. The molecule has 1 unspecified atom stereocenters. The van der Waals surface area contributed by atoms with Crippen molar-refractivity contribution in [3.05, 3.63) is 43.1 Å². The zero-order valence-corrected chi connectivity index (χ0v) is 15.6. The Morgan fingerprint density at radius 1 is 0.964 bits per heavy atom. The van der Waals surface area contributed by atoms with Gasteiger partial charge in [0.25, 0.3) is 0 Å². The number of rotatable bonds is 4. The molecule has 2 saturated heterocycles. The largest absolute Gasteiger partial charge is 0.471 e. The van der Waals surface area contributed by atoms with Gasteiger partial charge in [-0.2, -0.15) is 0 Å². The van der Waals surface area contributed by atoms with E-state index >= 15 is 0 Å². The van der Waals surface area contributed by atoms with Crippen LogP contribution in [0.15, 0.2) is 43.1 Å². The number of nitrogens with zero attached hydrogens (tertiary/aromatic N) is 6. The maximum atomic E-state index is 6.09. The zero-order valence-electron chi connectivity index (χ0n) is 15.6. The molecule has 0 N–H and O–H groups in total. The number of aromatic nitrogens is 4. The van der Waals surface area contributed by atoms with E-state index in [9.17, 15) is 0 Å². The van der Waals surface area contributed by atoms with Crippen molar-refractivity contribution in [1.82, 2.24) is 19.9 Å². The normalized spacial score (nSPS) is 19.9. The van der Waals surface area contributed by atoms with E-state index < -0.39 is 0 Å². The predicted octanol–water partition coefficient (Wildman–Crippen LogP) is 1.91. The smallest absolute Gasteiger partial charge is 0.224 e. The number of hydrogen-bond donors (Lipinski definition) is 0. The average molecular weight is 378 g/mol. The van der Waals surface area contributed by atoms with E-state index in [4.69, 9.17) is 9.47 Å². The van der Waals surface area contributed by atoms with Crippen LogP contribution < -0.4 is 14.5 Å². The maximum Gasteiger partial charge on any atom is 0.224 e. The fraction of sp³-hybridized carbons (Fsp3) is 0.400. The highest BCUT2D eigenvalue weighted by molar-refractivity contribution is 5.86. The molecular formula is C20H22N6O2. The van der Waals surface area contributed by atoms with Crippen molar-refractivity contribution in [3.63, 3.8) is 0 Å². The molecule has 5 rings (SSSR count). The molecule has 2 aromatic heterocycles. The molecule has 1 aromatic carbocycles. The van der Waals surface area contributed by atoms with Crippen LogP contribution >= 0.6 is 0 Å². The molecule has 2 aliphatic rings. The van der Waals surface area contributed by atoms with Gasteiger partial charge in [0.1, 0.15) is 24.6 Å². The summed E-state index contributed by atoms with van der Waals surface area (Å²) in [4.78, 5) is 21.8. The number of ether oxygens (including phenoxy) is 2. The lowest BCUT2D eigenvalue weighted by atomic mass is 10.2. The molecule has 1 atom stereocenters. The highest BCUT2D eigenvalue weighted by Gasteiger charge is 2.21. The minimum Gasteiger partial charge on any atom is -0.471 e. The fourth-order valence-corrected chi connectivity index (χ4v) is 3.74. The van der Waals surface area contributed by atoms with Crippen LogP contribution in [-0.2, 0) is 4.74 Å². The molecule has 8 nitrogen and oxygen atoms in total. The van der Waals surface area contributed by atoms with E-state index in [0.29, 0.717) is 12.5 Å². The van der Waals surface area contributed by atoms with Crippen LogP contribution in [0.4, 0.5) is 11.5 Å². The van der Waals surface area contributed by atoms with Gasteiger partial charge < -0.3 is 19.3 Å². The Balaban J connectivity index is 1.35. The van der Waals surface area contributed by atoms with Crippen LogP contribution in [0.25, 0.3) is 10.9 Å². The van der Waals surface area contributed by atoms with Crippen molar-refractivity contribution in [2.45, 2.75) is 12.5 Å². The van der Waals surface area contributed by atoms with Crippen molar-refractivity contribution < 1.29 is 9.47 Å². The number of fused-ring (bicyclic) bond motifs is 1. The van der Waals surface area contributed by atoms with E-state index in [0.717, 1.165) is 61.6 Å². The first-order valence-corrected chi connectivity index (χ1v) is 9.62. The van der Waals surface area contributed by atoms with E-state index in [2.05, 4.69) is 41.9 Å². The lowest BCUT2D eigenvalue weighted by Crippen LogP contribution is -2.46. The lowest BCUT2D eigenvalue weighted by Gasteiger charge is -2.36. The molecular weight excluding hydrogens is 356 g/mol. The van der Waals surface area contributed by atoms with E-state index in [1.54, 1.807) is 18.9 Å². The Kier molecular flexibility index (Phi) is 4.62. The van der Waals surface area contributed by atoms with Crippen LogP contribution in [-0.4, -0.2) is 65.4 Å². The predicted molar refractivity (Wildman–Crippen MR) is 106 cm³/mol. The summed E-state index contributed by atoms with van der Waals surface area (Å²) in [6, 6.07) is 8.26. The third-order valence-corrected chi connectivity index (χ3v) is 5.28. The van der Waals surface area contributed by atoms with E-state index in [-0.39, 0.29) is 6.10 Å². The Labute approximate surface area is 163 Å². The molecule has 2 aliphatic heterocycles. The van der Waals surface area contributed by atoms with Gasteiger partial charge in [-0.1, -0.05) is 0 Å². The van der Waals surface area contributed by atoms with Crippen molar-refractivity contribution in [3.8, 4) is 5.88 Å². The summed E-state index contributed by atoms with van der Waals surface area (Å²) < 4.78 is 11.5. The van der Waals surface area contributed by atoms with Crippen LogP contribution in [0.1, 0.15) is 6.42 Å². The quantitative estimate of drug-likeness (QED) is 0.682. The first-order valence-electron chi connectivity index (χ1n) is 9.62. The molecule has 0 aliphatic carbocycles. The van der Waals surface area contributed by atoms with E-state index in [1.165, 1.54) is 0 Å². The van der Waals surface area contributed by atoms with Crippen molar-refractivity contribution in [2.75, 3.05) is 49.2 Å². The molecule has 28 heavy (non-hydrogen) atoms. The molecule has 0 radical (unpaired) electrons. The highest BCUT2D eigenvalue weighted by atomic mass is 16.5. The summed E-state index contributed by atoms with van der Waals surface area (Å²) in [6.07, 6.45) is 5.92. The summed E-state index contributed by atoms with van der Waals surface area (Å²) in [6.45, 7) is 5.06. The van der Waals surface area contributed by atoms with E-state index in [1.807, 2.05) is 12.1 Å². The minimum atomic E-state index is 0.0677. The summed E-state index contributed by atoms with van der Waals surface area (Å²) >= 11 is 0. The third-order valence-electron chi connectivity index (χ3n) is 5.28. The molecule has 3 aromatic rings. The van der Waals surface area contributed by atoms with Gasteiger partial charge in [0, 0.05) is 44.5 Å². The number of piperazine rings is 1. The second-order valence-corrected chi connectivity index (χ2v) is 7.03. The molecule has 144 valence electrons. The number of anilines is 2. The van der Waals surface area contributed by atoms with Gasteiger partial charge in [0.05, 0.1) is 24.1 Å². The number of hydrogen-bond acceptors (Lipinski definition) is 8. The van der Waals surface area contributed by atoms with Crippen molar-refractivity contribution in [1.29, 1.82) is 0 Å². The Hall–Kier alpha value is -3.00. The molecule has 0 bridgehead atoms. The van der Waals surface area contributed by atoms with Crippen LogP contribution in [0, 0.1) is 0 Å². The molecule has 4 heterocycles. The zero-order chi connectivity index (χ0) is 18.8. The lowest BCUT2D eigenvalue weighted by molar-refractivity contribution is 0.139. The van der Waals surface area contributed by atoms with Crippen molar-refractivity contribution in [2.24, 2.45) is 0 Å². The molecule has 0 saturated carbocycles. The minimum absolute atomic E-state index is 0.0677. The van der Waals surface area contributed by atoms with Gasteiger partial charge in [-0.25, -0.2) is 19.9 Å². The number of benzene rings is 1. The average Bonchev–Trinajstić information content (AvgIpc) is 3.28. The topological polar surface area (TPSA) is 76.5 Å². The molecule has 0 spiro atoms. The van der Waals surface area contributed by atoms with Gasteiger partial charge in [0.2, 0.25) is 5.88 Å². The second kappa shape index (κ2) is 7.55. The summed E-state index contributed by atoms with van der Waals surface area (Å²) in [5.74, 6) is 1.62. The van der Waals surface area contributed by atoms with Gasteiger partial charge in [-0.05, 0) is 24.3 Å². The van der Waals surface area contributed by atoms with Crippen LogP contribution in [0.3, 0.4) is 0 Å². The third kappa shape index (κ3) is 3.43. The van der Waals surface area contributed by atoms with Crippen molar-refractivity contribution >= 4 is 22.4 Å². The highest BCUT2D eigenvalue weighted by Crippen LogP contribution is 2.29. The van der Waals surface area contributed by atoms with Gasteiger partial charge in [-0.15, -0.1) is 0 Å². The van der Waals surface area contributed by atoms with Gasteiger partial charge >= 0.3 is 0 Å². The Morgan fingerprint density at radius 2 is 1.86 bits per heavy atom. The molecule has 8 heteroatoms. The van der Waals surface area contributed by atoms with Crippen LogP contribution in [0.2, 0.25) is 0 Å². The monoisotopic (exact) mass is 378 g/mol. The summed E-state index contributed by atoms with van der Waals surface area (Å²) in [5.41, 5.74) is 2.06. The molecule has 2 fully saturated rings. The first-order chi connectivity index (χ1) is 13.9. The fourth-order valence-electron chi connectivity index (χ4n) is 3.74. The second-order valence-electron chi connectivity index (χ2n) is 7.03. The van der Waals surface area contributed by atoms with Gasteiger partial charge in [0.15, 0.2) is 0 Å².